The van der Waals surface area contributed by atoms with E-state index in [0.717, 1.165) is 53.1 Å². The maximum Gasteiger partial charge on any atom is 0.225 e. The molecule has 0 aliphatic carbocycles. The summed E-state index contributed by atoms with van der Waals surface area (Å²) in [5.74, 6) is 1.85. The number of hydrogen-bond donors (Lipinski definition) is 1. The molecule has 4 aromatic rings. The van der Waals surface area contributed by atoms with Gasteiger partial charge in [0.15, 0.2) is 0 Å². The number of rotatable bonds is 10. The van der Waals surface area contributed by atoms with Crippen LogP contribution in [-0.4, -0.2) is 22.1 Å². The Balaban J connectivity index is 1.39. The first-order chi connectivity index (χ1) is 16.9. The quantitative estimate of drug-likeness (QED) is 0.280. The van der Waals surface area contributed by atoms with Crippen LogP contribution in [0.1, 0.15) is 53.9 Å². The number of fused-ring (bicyclic) bond motifs is 1. The molecule has 1 unspecified atom stereocenters. The van der Waals surface area contributed by atoms with Crippen LogP contribution in [0.4, 0.5) is 0 Å². The summed E-state index contributed by atoms with van der Waals surface area (Å²) in [6.07, 6.45) is 2.27. The summed E-state index contributed by atoms with van der Waals surface area (Å²) >= 11 is 0. The minimum atomic E-state index is -0.189. The van der Waals surface area contributed by atoms with E-state index in [1.165, 1.54) is 11.1 Å². The van der Waals surface area contributed by atoms with Crippen LogP contribution in [-0.2, 0) is 17.8 Å². The Kier molecular flexibility index (Phi) is 7.86. The Hall–Kier alpha value is -3.60. The van der Waals surface area contributed by atoms with Crippen molar-refractivity contribution in [3.05, 3.63) is 94.8 Å². The van der Waals surface area contributed by atoms with E-state index in [0.29, 0.717) is 13.0 Å². The molecule has 5 nitrogen and oxygen atoms in total. The standard InChI is InChI=1S/C30H35N3O2/c1-21-15-16-28(23(3)19-21)35-18-10-9-17-33-27-14-8-7-13-26(27)32-30(33)24(4)31-29(34)20-25-12-6-5-11-22(25)2/h5-8,11-16,19,24H,9-10,17-18,20H2,1-4H3,(H,31,34). The molecule has 0 bridgehead atoms. The van der Waals surface area contributed by atoms with Gasteiger partial charge in [0.05, 0.1) is 30.1 Å². The van der Waals surface area contributed by atoms with Gasteiger partial charge in [-0.05, 0) is 75.4 Å². The van der Waals surface area contributed by atoms with Crippen molar-refractivity contribution >= 4 is 16.9 Å². The predicted molar refractivity (Wildman–Crippen MR) is 142 cm³/mol. The first-order valence-corrected chi connectivity index (χ1v) is 12.4. The number of carbonyl (C=O) groups excluding carboxylic acids is 1. The minimum absolute atomic E-state index is 0.00673. The largest absolute Gasteiger partial charge is 0.493 e. The average Bonchev–Trinajstić information content (AvgIpc) is 3.20. The number of unbranched alkanes of at least 4 members (excludes halogenated alkanes) is 1. The number of amides is 1. The SMILES string of the molecule is Cc1ccc(OCCCCn2c(C(C)NC(=O)Cc3ccccc3C)nc3ccccc32)c(C)c1. The zero-order valence-corrected chi connectivity index (χ0v) is 21.2. The average molecular weight is 470 g/mol. The van der Waals surface area contributed by atoms with Crippen LogP contribution in [0, 0.1) is 20.8 Å². The molecule has 1 heterocycles. The van der Waals surface area contributed by atoms with Gasteiger partial charge in [0.2, 0.25) is 5.91 Å². The van der Waals surface area contributed by atoms with E-state index in [2.05, 4.69) is 41.9 Å². The van der Waals surface area contributed by atoms with Gasteiger partial charge in [-0.15, -0.1) is 0 Å². The maximum absolute atomic E-state index is 12.8. The normalized spacial score (nSPS) is 12.0. The van der Waals surface area contributed by atoms with E-state index in [9.17, 15) is 4.79 Å². The highest BCUT2D eigenvalue weighted by Gasteiger charge is 2.18. The Labute approximate surface area is 208 Å². The molecule has 0 saturated heterocycles. The second-order valence-electron chi connectivity index (χ2n) is 9.33. The zero-order valence-electron chi connectivity index (χ0n) is 21.2. The second kappa shape index (κ2) is 11.2. The Morgan fingerprint density at radius 3 is 2.54 bits per heavy atom. The molecule has 35 heavy (non-hydrogen) atoms. The van der Waals surface area contributed by atoms with Crippen molar-refractivity contribution in [2.24, 2.45) is 0 Å². The third kappa shape index (κ3) is 6.10. The highest BCUT2D eigenvalue weighted by molar-refractivity contribution is 5.80. The fourth-order valence-corrected chi connectivity index (χ4v) is 4.51. The number of hydrogen-bond acceptors (Lipinski definition) is 3. The Morgan fingerprint density at radius 1 is 0.971 bits per heavy atom. The van der Waals surface area contributed by atoms with Crippen LogP contribution >= 0.6 is 0 Å². The van der Waals surface area contributed by atoms with E-state index in [1.54, 1.807) is 0 Å². The zero-order chi connectivity index (χ0) is 24.8. The van der Waals surface area contributed by atoms with E-state index in [1.807, 2.05) is 62.4 Å². The fraction of sp³-hybridized carbons (Fsp3) is 0.333. The monoisotopic (exact) mass is 469 g/mol. The number of nitrogens with one attached hydrogen (secondary N) is 1. The molecule has 1 aromatic heterocycles. The third-order valence-electron chi connectivity index (χ3n) is 6.43. The van der Waals surface area contributed by atoms with Gasteiger partial charge in [0.1, 0.15) is 11.6 Å². The summed E-state index contributed by atoms with van der Waals surface area (Å²) in [6, 6.07) is 22.3. The molecule has 0 radical (unpaired) electrons. The van der Waals surface area contributed by atoms with Gasteiger partial charge in [-0.25, -0.2) is 4.98 Å². The molecular formula is C30H35N3O2. The lowest BCUT2D eigenvalue weighted by atomic mass is 10.1. The van der Waals surface area contributed by atoms with Crippen LogP contribution < -0.4 is 10.1 Å². The van der Waals surface area contributed by atoms with Crippen molar-refractivity contribution in [1.29, 1.82) is 0 Å². The molecule has 0 fully saturated rings. The summed E-state index contributed by atoms with van der Waals surface area (Å²) in [7, 11) is 0. The molecule has 3 aromatic carbocycles. The molecule has 1 atom stereocenters. The van der Waals surface area contributed by atoms with E-state index < -0.39 is 0 Å². The summed E-state index contributed by atoms with van der Waals surface area (Å²) in [4.78, 5) is 17.7. The number of benzene rings is 3. The fourth-order valence-electron chi connectivity index (χ4n) is 4.51. The summed E-state index contributed by atoms with van der Waals surface area (Å²) in [6.45, 7) is 9.72. The van der Waals surface area contributed by atoms with Crippen molar-refractivity contribution in [2.75, 3.05) is 6.61 Å². The summed E-state index contributed by atoms with van der Waals surface area (Å²) in [5, 5.41) is 3.16. The molecule has 0 aliphatic rings. The first kappa shape index (κ1) is 24.5. The van der Waals surface area contributed by atoms with Gasteiger partial charge in [-0.3, -0.25) is 4.79 Å². The minimum Gasteiger partial charge on any atom is -0.493 e. The molecule has 182 valence electrons. The van der Waals surface area contributed by atoms with Gasteiger partial charge >= 0.3 is 0 Å². The van der Waals surface area contributed by atoms with E-state index in [4.69, 9.17) is 9.72 Å². The van der Waals surface area contributed by atoms with Crippen LogP contribution in [0.15, 0.2) is 66.7 Å². The van der Waals surface area contributed by atoms with Gasteiger partial charge in [0, 0.05) is 6.54 Å². The van der Waals surface area contributed by atoms with Gasteiger partial charge < -0.3 is 14.6 Å². The van der Waals surface area contributed by atoms with Crippen molar-refractivity contribution in [1.82, 2.24) is 14.9 Å². The highest BCUT2D eigenvalue weighted by Crippen LogP contribution is 2.23. The Morgan fingerprint density at radius 2 is 1.74 bits per heavy atom. The number of imidazole rings is 1. The number of aryl methyl sites for hydroxylation is 4. The van der Waals surface area contributed by atoms with Crippen LogP contribution in [0.25, 0.3) is 11.0 Å². The number of ether oxygens (including phenoxy) is 1. The van der Waals surface area contributed by atoms with Crippen LogP contribution in [0.5, 0.6) is 5.75 Å². The number of para-hydroxylation sites is 2. The lowest BCUT2D eigenvalue weighted by molar-refractivity contribution is -0.121. The summed E-state index contributed by atoms with van der Waals surface area (Å²) < 4.78 is 8.25. The van der Waals surface area contributed by atoms with Crippen molar-refractivity contribution in [2.45, 2.75) is 59.5 Å². The molecule has 0 spiro atoms. The molecular weight excluding hydrogens is 434 g/mol. The smallest absolute Gasteiger partial charge is 0.225 e. The van der Waals surface area contributed by atoms with Gasteiger partial charge in [-0.2, -0.15) is 0 Å². The Bertz CT molecular complexity index is 1310. The number of carbonyl (C=O) groups is 1. The third-order valence-corrected chi connectivity index (χ3v) is 6.43. The topological polar surface area (TPSA) is 56.1 Å². The predicted octanol–water partition coefficient (Wildman–Crippen LogP) is 6.24. The van der Waals surface area contributed by atoms with E-state index in [-0.39, 0.29) is 11.9 Å². The maximum atomic E-state index is 12.8. The lowest BCUT2D eigenvalue weighted by Gasteiger charge is -2.17. The number of aromatic nitrogens is 2. The highest BCUT2D eigenvalue weighted by atomic mass is 16.5. The second-order valence-corrected chi connectivity index (χ2v) is 9.33. The van der Waals surface area contributed by atoms with Crippen LogP contribution in [0.2, 0.25) is 0 Å². The molecule has 5 heteroatoms. The lowest BCUT2D eigenvalue weighted by Crippen LogP contribution is -2.30. The molecule has 0 saturated carbocycles. The van der Waals surface area contributed by atoms with Gasteiger partial charge in [0.25, 0.3) is 0 Å². The molecule has 1 N–H and O–H groups in total. The van der Waals surface area contributed by atoms with Crippen molar-refractivity contribution < 1.29 is 9.53 Å². The van der Waals surface area contributed by atoms with Crippen LogP contribution in [0.3, 0.4) is 0 Å². The molecule has 4 rings (SSSR count). The number of nitrogens with zero attached hydrogens (tertiary/aromatic N) is 2. The van der Waals surface area contributed by atoms with Crippen molar-refractivity contribution in [3.8, 4) is 5.75 Å². The summed E-state index contributed by atoms with van der Waals surface area (Å²) in [5.41, 5.74) is 6.64. The van der Waals surface area contributed by atoms with Gasteiger partial charge in [-0.1, -0.05) is 54.1 Å². The molecule has 1 amide bonds. The van der Waals surface area contributed by atoms with E-state index >= 15 is 0 Å². The first-order valence-electron chi connectivity index (χ1n) is 12.4. The van der Waals surface area contributed by atoms with Crippen molar-refractivity contribution in [3.63, 3.8) is 0 Å². The molecule has 0 aliphatic heterocycles.